The average molecular weight is 362 g/mol. The van der Waals surface area contributed by atoms with E-state index in [4.69, 9.17) is 17.4 Å². The number of hydrazine groups is 1. The van der Waals surface area contributed by atoms with Crippen molar-refractivity contribution in [3.8, 4) is 0 Å². The molecule has 120 valence electrons. The number of nitrogens with two attached hydrogens (primary N) is 1. The lowest BCUT2D eigenvalue weighted by atomic mass is 10.2. The normalized spacial score (nSPS) is 17.1. The van der Waals surface area contributed by atoms with Crippen LogP contribution in [0.15, 0.2) is 12.1 Å². The standard InChI is InChI=1S/C12H16ClN5O2S2/c1-22(19,20)18-6-4-17(5-7-18)11-8(13)2-3-9-10(11)15-12(16-14)21-9/h2-3H,4-7,14H2,1H3,(H,15,16). The molecule has 0 atom stereocenters. The van der Waals surface area contributed by atoms with Gasteiger partial charge in [0.15, 0.2) is 5.13 Å². The summed E-state index contributed by atoms with van der Waals surface area (Å²) in [4.78, 5) is 6.54. The van der Waals surface area contributed by atoms with Crippen LogP contribution >= 0.6 is 22.9 Å². The number of fused-ring (bicyclic) bond motifs is 1. The number of hydrogen-bond acceptors (Lipinski definition) is 7. The minimum absolute atomic E-state index is 0.442. The SMILES string of the molecule is CS(=O)(=O)N1CCN(c2c(Cl)ccc3sc(NN)nc23)CC1. The number of benzene rings is 1. The number of anilines is 2. The van der Waals surface area contributed by atoms with Crippen LogP contribution in [-0.4, -0.2) is 50.1 Å². The van der Waals surface area contributed by atoms with Crippen LogP contribution in [0.1, 0.15) is 0 Å². The molecule has 1 aliphatic heterocycles. The van der Waals surface area contributed by atoms with Gasteiger partial charge in [0.1, 0.15) is 5.52 Å². The van der Waals surface area contributed by atoms with E-state index in [9.17, 15) is 8.42 Å². The van der Waals surface area contributed by atoms with Gasteiger partial charge in [-0.05, 0) is 12.1 Å². The zero-order valence-electron chi connectivity index (χ0n) is 11.9. The van der Waals surface area contributed by atoms with Crippen LogP contribution in [0.25, 0.3) is 10.2 Å². The molecule has 1 aromatic carbocycles. The second-order valence-electron chi connectivity index (χ2n) is 5.06. The molecule has 1 saturated heterocycles. The fourth-order valence-electron chi connectivity index (χ4n) is 2.56. The third kappa shape index (κ3) is 2.86. The maximum Gasteiger partial charge on any atom is 0.211 e. The van der Waals surface area contributed by atoms with Crippen LogP contribution in [0.5, 0.6) is 0 Å². The molecule has 0 unspecified atom stereocenters. The smallest absolute Gasteiger partial charge is 0.211 e. The monoisotopic (exact) mass is 361 g/mol. The summed E-state index contributed by atoms with van der Waals surface area (Å²) in [6, 6.07) is 3.74. The molecule has 0 aliphatic carbocycles. The number of nitrogen functional groups attached to an aromatic ring is 1. The van der Waals surface area contributed by atoms with Crippen molar-refractivity contribution in [2.75, 3.05) is 42.8 Å². The number of sulfonamides is 1. The van der Waals surface area contributed by atoms with E-state index in [2.05, 4.69) is 15.3 Å². The highest BCUT2D eigenvalue weighted by Gasteiger charge is 2.26. The highest BCUT2D eigenvalue weighted by molar-refractivity contribution is 7.88. The lowest BCUT2D eigenvalue weighted by Crippen LogP contribution is -2.48. The lowest BCUT2D eigenvalue weighted by Gasteiger charge is -2.35. The van der Waals surface area contributed by atoms with Crippen molar-refractivity contribution in [1.29, 1.82) is 0 Å². The highest BCUT2D eigenvalue weighted by Crippen LogP contribution is 2.38. The van der Waals surface area contributed by atoms with E-state index in [1.807, 2.05) is 12.1 Å². The zero-order chi connectivity index (χ0) is 15.9. The van der Waals surface area contributed by atoms with Gasteiger partial charge in [0.2, 0.25) is 10.0 Å². The molecule has 2 heterocycles. The maximum absolute atomic E-state index is 11.6. The third-order valence-corrected chi connectivity index (χ3v) is 6.19. The summed E-state index contributed by atoms with van der Waals surface area (Å²) in [5, 5.41) is 1.22. The first-order valence-electron chi connectivity index (χ1n) is 6.66. The molecule has 3 rings (SSSR count). The first-order valence-corrected chi connectivity index (χ1v) is 9.70. The van der Waals surface area contributed by atoms with Gasteiger partial charge in [-0.1, -0.05) is 22.9 Å². The topological polar surface area (TPSA) is 91.6 Å². The fraction of sp³-hybridized carbons (Fsp3) is 0.417. The maximum atomic E-state index is 11.6. The van der Waals surface area contributed by atoms with Crippen LogP contribution < -0.4 is 16.2 Å². The summed E-state index contributed by atoms with van der Waals surface area (Å²) < 4.78 is 25.7. The molecule has 1 aliphatic rings. The summed E-state index contributed by atoms with van der Waals surface area (Å²) in [5.41, 5.74) is 4.18. The van der Waals surface area contributed by atoms with E-state index in [1.54, 1.807) is 0 Å². The fourth-order valence-corrected chi connectivity index (χ4v) is 4.44. The number of nitrogens with one attached hydrogen (secondary N) is 1. The Morgan fingerprint density at radius 1 is 1.32 bits per heavy atom. The molecule has 2 aromatic rings. The highest BCUT2D eigenvalue weighted by atomic mass is 35.5. The van der Waals surface area contributed by atoms with E-state index < -0.39 is 10.0 Å². The Hall–Kier alpha value is -1.13. The van der Waals surface area contributed by atoms with Crippen LogP contribution in [0, 0.1) is 0 Å². The Balaban J connectivity index is 1.94. The van der Waals surface area contributed by atoms with Crippen molar-refractivity contribution in [3.05, 3.63) is 17.2 Å². The van der Waals surface area contributed by atoms with Gasteiger partial charge in [0, 0.05) is 26.2 Å². The molecule has 0 radical (unpaired) electrons. The van der Waals surface area contributed by atoms with E-state index in [-0.39, 0.29) is 0 Å². The van der Waals surface area contributed by atoms with Crippen molar-refractivity contribution < 1.29 is 8.42 Å². The molecular weight excluding hydrogens is 346 g/mol. The van der Waals surface area contributed by atoms with Crippen molar-refractivity contribution >= 4 is 54.0 Å². The first-order chi connectivity index (χ1) is 10.4. The van der Waals surface area contributed by atoms with Gasteiger partial charge in [0.05, 0.1) is 21.7 Å². The molecular formula is C12H16ClN5O2S2. The van der Waals surface area contributed by atoms with Crippen molar-refractivity contribution in [1.82, 2.24) is 9.29 Å². The number of rotatable bonds is 3. The Labute approximate surface area is 137 Å². The minimum Gasteiger partial charge on any atom is -0.366 e. The molecule has 0 amide bonds. The van der Waals surface area contributed by atoms with E-state index in [0.29, 0.717) is 36.3 Å². The quantitative estimate of drug-likeness (QED) is 0.632. The summed E-state index contributed by atoms with van der Waals surface area (Å²) in [6.07, 6.45) is 1.23. The van der Waals surface area contributed by atoms with Crippen LogP contribution in [0.4, 0.5) is 10.8 Å². The lowest BCUT2D eigenvalue weighted by molar-refractivity contribution is 0.388. The van der Waals surface area contributed by atoms with Crippen LogP contribution in [0.2, 0.25) is 5.02 Å². The second-order valence-corrected chi connectivity index (χ2v) is 8.48. The van der Waals surface area contributed by atoms with E-state index in [1.165, 1.54) is 21.9 Å². The molecule has 0 spiro atoms. The Morgan fingerprint density at radius 2 is 2.00 bits per heavy atom. The summed E-state index contributed by atoms with van der Waals surface area (Å²) in [5.74, 6) is 5.42. The van der Waals surface area contributed by atoms with Gasteiger partial charge in [-0.2, -0.15) is 4.31 Å². The van der Waals surface area contributed by atoms with Crippen LogP contribution in [-0.2, 0) is 10.0 Å². The molecule has 1 fully saturated rings. The molecule has 10 heteroatoms. The van der Waals surface area contributed by atoms with Crippen molar-refractivity contribution in [2.24, 2.45) is 5.84 Å². The number of halogens is 1. The second kappa shape index (κ2) is 5.82. The zero-order valence-corrected chi connectivity index (χ0v) is 14.3. The molecule has 0 bridgehead atoms. The summed E-state index contributed by atoms with van der Waals surface area (Å²) in [6.45, 7) is 2.04. The number of thiazole rings is 1. The number of nitrogens with zero attached hydrogens (tertiary/aromatic N) is 3. The molecule has 7 nitrogen and oxygen atoms in total. The third-order valence-electron chi connectivity index (χ3n) is 3.63. The Morgan fingerprint density at radius 3 is 2.59 bits per heavy atom. The molecule has 3 N–H and O–H groups in total. The van der Waals surface area contributed by atoms with Crippen molar-refractivity contribution in [3.63, 3.8) is 0 Å². The first kappa shape index (κ1) is 15.8. The molecule has 22 heavy (non-hydrogen) atoms. The van der Waals surface area contributed by atoms with Gasteiger partial charge < -0.3 is 4.90 Å². The molecule has 1 aromatic heterocycles. The Kier molecular flexibility index (Phi) is 4.17. The predicted molar refractivity (Wildman–Crippen MR) is 91.1 cm³/mol. The number of piperazine rings is 1. The Bertz CT molecular complexity index is 799. The van der Waals surface area contributed by atoms with Gasteiger partial charge in [-0.25, -0.2) is 19.2 Å². The van der Waals surface area contributed by atoms with Crippen molar-refractivity contribution in [2.45, 2.75) is 0 Å². The van der Waals surface area contributed by atoms with Gasteiger partial charge in [-0.15, -0.1) is 0 Å². The van der Waals surface area contributed by atoms with E-state index in [0.717, 1.165) is 15.9 Å². The summed E-state index contributed by atoms with van der Waals surface area (Å²) in [7, 11) is -3.15. The molecule has 0 saturated carbocycles. The largest absolute Gasteiger partial charge is 0.366 e. The predicted octanol–water partition coefficient (Wildman–Crippen LogP) is 1.32. The number of hydrogen-bond donors (Lipinski definition) is 2. The average Bonchev–Trinajstić information content (AvgIpc) is 2.89. The van der Waals surface area contributed by atoms with Gasteiger partial charge >= 0.3 is 0 Å². The van der Waals surface area contributed by atoms with E-state index >= 15 is 0 Å². The van der Waals surface area contributed by atoms with Gasteiger partial charge in [-0.3, -0.25) is 5.43 Å². The van der Waals surface area contributed by atoms with Gasteiger partial charge in [0.25, 0.3) is 0 Å². The van der Waals surface area contributed by atoms with Crippen LogP contribution in [0.3, 0.4) is 0 Å². The summed E-state index contributed by atoms with van der Waals surface area (Å²) >= 11 is 7.80. The minimum atomic E-state index is -3.15. The number of aromatic nitrogens is 1.